The van der Waals surface area contributed by atoms with Crippen LogP contribution >= 0.6 is 0 Å². The van der Waals surface area contributed by atoms with Crippen LogP contribution in [0.3, 0.4) is 0 Å². The Morgan fingerprint density at radius 2 is 2.00 bits per heavy atom. The van der Waals surface area contributed by atoms with Gasteiger partial charge in [-0.3, -0.25) is 9.63 Å². The van der Waals surface area contributed by atoms with E-state index in [2.05, 4.69) is 0 Å². The third-order valence-corrected chi connectivity index (χ3v) is 1.94. The zero-order valence-electron chi connectivity index (χ0n) is 8.66. The maximum absolute atomic E-state index is 11.4. The lowest BCUT2D eigenvalue weighted by Gasteiger charge is -2.17. The Hall–Kier alpha value is -0.900. The summed E-state index contributed by atoms with van der Waals surface area (Å²) in [7, 11) is 3.00. The van der Waals surface area contributed by atoms with Gasteiger partial charge in [-0.2, -0.15) is 0 Å². The third kappa shape index (κ3) is 4.62. The molecule has 0 fully saturated rings. The van der Waals surface area contributed by atoms with Crippen molar-refractivity contribution in [2.75, 3.05) is 14.2 Å². The van der Waals surface area contributed by atoms with Crippen LogP contribution in [0.15, 0.2) is 0 Å². The van der Waals surface area contributed by atoms with E-state index in [1.54, 1.807) is 14.0 Å². The molecule has 0 aliphatic heterocycles. The van der Waals surface area contributed by atoms with Crippen LogP contribution < -0.4 is 0 Å². The number of amides is 1. The molecule has 0 rings (SSSR count). The van der Waals surface area contributed by atoms with E-state index in [4.69, 9.17) is 4.84 Å². The number of carbonyl (C=O) groups is 2. The summed E-state index contributed by atoms with van der Waals surface area (Å²) in [6.07, 6.45) is 1.03. The second-order valence-electron chi connectivity index (χ2n) is 3.16. The van der Waals surface area contributed by atoms with Gasteiger partial charge in [-0.1, -0.05) is 6.92 Å². The van der Waals surface area contributed by atoms with E-state index in [1.807, 2.05) is 0 Å². The molecule has 0 N–H and O–H groups in total. The zero-order valence-corrected chi connectivity index (χ0v) is 8.66. The van der Waals surface area contributed by atoms with E-state index >= 15 is 0 Å². The summed E-state index contributed by atoms with van der Waals surface area (Å²) in [4.78, 5) is 26.8. The van der Waals surface area contributed by atoms with Gasteiger partial charge in [0.25, 0.3) is 0 Å². The van der Waals surface area contributed by atoms with Crippen molar-refractivity contribution in [1.29, 1.82) is 0 Å². The molecule has 0 aromatic heterocycles. The summed E-state index contributed by atoms with van der Waals surface area (Å²) in [5, 5.41) is 1.19. The lowest BCUT2D eigenvalue weighted by atomic mass is 10.0. The predicted octanol–water partition coefficient (Wildman–Crippen LogP) is 1.01. The largest absolute Gasteiger partial charge is 0.300 e. The lowest BCUT2D eigenvalue weighted by Crippen LogP contribution is -2.30. The molecule has 0 saturated carbocycles. The quantitative estimate of drug-likeness (QED) is 0.603. The van der Waals surface area contributed by atoms with Gasteiger partial charge in [-0.25, -0.2) is 5.06 Å². The number of nitrogens with zero attached hydrogens (tertiary/aromatic N) is 1. The first-order valence-corrected chi connectivity index (χ1v) is 4.30. The summed E-state index contributed by atoms with van der Waals surface area (Å²) in [6.45, 7) is 3.32. The van der Waals surface area contributed by atoms with E-state index < -0.39 is 0 Å². The Morgan fingerprint density at radius 3 is 2.38 bits per heavy atom. The van der Waals surface area contributed by atoms with Crippen LogP contribution in [-0.2, 0) is 14.4 Å². The SMILES string of the molecule is CON(C)C(=O)[C@@H](C)CCC(C)=O. The molecule has 4 nitrogen and oxygen atoms in total. The number of hydrogen-bond donors (Lipinski definition) is 0. The van der Waals surface area contributed by atoms with Crippen molar-refractivity contribution in [3.05, 3.63) is 0 Å². The molecular weight excluding hydrogens is 170 g/mol. The maximum Gasteiger partial charge on any atom is 0.248 e. The summed E-state index contributed by atoms with van der Waals surface area (Å²) >= 11 is 0. The molecule has 0 bridgehead atoms. The van der Waals surface area contributed by atoms with Crippen LogP contribution in [0.4, 0.5) is 0 Å². The van der Waals surface area contributed by atoms with Gasteiger partial charge in [0.2, 0.25) is 5.91 Å². The number of carbonyl (C=O) groups excluding carboxylic acids is 2. The summed E-state index contributed by atoms with van der Waals surface area (Å²) in [6, 6.07) is 0. The van der Waals surface area contributed by atoms with Crippen molar-refractivity contribution in [2.45, 2.75) is 26.7 Å². The van der Waals surface area contributed by atoms with Crippen molar-refractivity contribution in [2.24, 2.45) is 5.92 Å². The van der Waals surface area contributed by atoms with Gasteiger partial charge in [0.15, 0.2) is 0 Å². The molecule has 4 heteroatoms. The van der Waals surface area contributed by atoms with Crippen molar-refractivity contribution in [3.8, 4) is 0 Å². The van der Waals surface area contributed by atoms with Gasteiger partial charge in [-0.15, -0.1) is 0 Å². The van der Waals surface area contributed by atoms with Gasteiger partial charge >= 0.3 is 0 Å². The molecule has 13 heavy (non-hydrogen) atoms. The predicted molar refractivity (Wildman–Crippen MR) is 48.9 cm³/mol. The average Bonchev–Trinajstić information content (AvgIpc) is 2.11. The van der Waals surface area contributed by atoms with Gasteiger partial charge in [0.05, 0.1) is 7.11 Å². The Labute approximate surface area is 78.8 Å². The van der Waals surface area contributed by atoms with E-state index in [9.17, 15) is 9.59 Å². The molecule has 0 aromatic rings. The topological polar surface area (TPSA) is 46.6 Å². The van der Waals surface area contributed by atoms with Crippen molar-refractivity contribution in [3.63, 3.8) is 0 Å². The second kappa shape index (κ2) is 5.70. The Bertz CT molecular complexity index is 191. The Morgan fingerprint density at radius 1 is 1.46 bits per heavy atom. The number of hydroxylamine groups is 2. The van der Waals surface area contributed by atoms with Crippen LogP contribution in [0.1, 0.15) is 26.7 Å². The highest BCUT2D eigenvalue weighted by Gasteiger charge is 2.17. The molecule has 0 spiro atoms. The monoisotopic (exact) mass is 187 g/mol. The van der Waals surface area contributed by atoms with E-state index in [1.165, 1.54) is 19.1 Å². The smallest absolute Gasteiger partial charge is 0.248 e. The van der Waals surface area contributed by atoms with Crippen LogP contribution in [0.2, 0.25) is 0 Å². The highest BCUT2D eigenvalue weighted by Crippen LogP contribution is 2.09. The average molecular weight is 187 g/mol. The third-order valence-electron chi connectivity index (χ3n) is 1.94. The summed E-state index contributed by atoms with van der Waals surface area (Å²) < 4.78 is 0. The fraction of sp³-hybridized carbons (Fsp3) is 0.778. The highest BCUT2D eigenvalue weighted by molar-refractivity contribution is 5.79. The normalized spacial score (nSPS) is 12.3. The summed E-state index contributed by atoms with van der Waals surface area (Å²) in [5.74, 6) is -0.141. The van der Waals surface area contributed by atoms with Crippen molar-refractivity contribution < 1.29 is 14.4 Å². The van der Waals surface area contributed by atoms with E-state index in [0.717, 1.165) is 0 Å². The zero-order chi connectivity index (χ0) is 10.4. The molecule has 0 radical (unpaired) electrons. The Kier molecular flexibility index (Phi) is 5.30. The molecule has 0 aliphatic carbocycles. The van der Waals surface area contributed by atoms with E-state index in [0.29, 0.717) is 12.8 Å². The van der Waals surface area contributed by atoms with Gasteiger partial charge < -0.3 is 4.79 Å². The first kappa shape index (κ1) is 12.1. The minimum atomic E-state index is -0.158. The number of ketones is 1. The molecule has 0 aromatic carbocycles. The maximum atomic E-state index is 11.4. The minimum absolute atomic E-state index is 0.0937. The second-order valence-corrected chi connectivity index (χ2v) is 3.16. The molecule has 76 valence electrons. The number of rotatable bonds is 5. The Balaban J connectivity index is 3.89. The fourth-order valence-electron chi connectivity index (χ4n) is 0.944. The fourth-order valence-corrected chi connectivity index (χ4v) is 0.944. The van der Waals surface area contributed by atoms with E-state index in [-0.39, 0.29) is 17.6 Å². The molecule has 1 atom stereocenters. The van der Waals surface area contributed by atoms with Crippen molar-refractivity contribution in [1.82, 2.24) is 5.06 Å². The van der Waals surface area contributed by atoms with Crippen molar-refractivity contribution >= 4 is 11.7 Å². The summed E-state index contributed by atoms with van der Waals surface area (Å²) in [5.41, 5.74) is 0. The first-order valence-electron chi connectivity index (χ1n) is 4.30. The minimum Gasteiger partial charge on any atom is -0.300 e. The van der Waals surface area contributed by atoms with Crippen LogP contribution in [0.5, 0.6) is 0 Å². The van der Waals surface area contributed by atoms with Gasteiger partial charge in [0, 0.05) is 19.4 Å². The first-order chi connectivity index (χ1) is 5.99. The lowest BCUT2D eigenvalue weighted by molar-refractivity contribution is -0.173. The van der Waals surface area contributed by atoms with Crippen LogP contribution in [0, 0.1) is 5.92 Å². The molecule has 0 aliphatic rings. The number of Topliss-reactive ketones (excluding diaryl/α,β-unsaturated/α-hetero) is 1. The molecule has 0 heterocycles. The van der Waals surface area contributed by atoms with Crippen LogP contribution in [0.25, 0.3) is 0 Å². The number of hydrogen-bond acceptors (Lipinski definition) is 3. The highest BCUT2D eigenvalue weighted by atomic mass is 16.7. The molecular formula is C9H17NO3. The molecule has 0 saturated heterocycles. The van der Waals surface area contributed by atoms with Crippen LogP contribution in [-0.4, -0.2) is 30.9 Å². The molecule has 0 unspecified atom stereocenters. The molecule has 1 amide bonds. The standard InChI is InChI=1S/C9H17NO3/c1-7(5-6-8(2)11)9(12)10(3)13-4/h7H,5-6H2,1-4H3/t7-/m0/s1. The van der Waals surface area contributed by atoms with Gasteiger partial charge in [0.1, 0.15) is 5.78 Å². The van der Waals surface area contributed by atoms with Gasteiger partial charge in [-0.05, 0) is 13.3 Å².